The van der Waals surface area contributed by atoms with Gasteiger partial charge in [0.1, 0.15) is 0 Å². The third-order valence-electron chi connectivity index (χ3n) is 11.4. The van der Waals surface area contributed by atoms with E-state index in [-0.39, 0.29) is 0 Å². The molecule has 24 heavy (non-hydrogen) atoms. The Balaban J connectivity index is 1.53. The number of hydrogen-bond donors (Lipinski definition) is 0. The van der Waals surface area contributed by atoms with E-state index in [1.807, 2.05) is 0 Å². The second-order valence-electron chi connectivity index (χ2n) is 11.9. The lowest BCUT2D eigenvalue weighted by Gasteiger charge is -2.66. The third kappa shape index (κ3) is 0.829. The molecule has 0 aromatic heterocycles. The second-order valence-corrected chi connectivity index (χ2v) is 19.0. The van der Waals surface area contributed by atoms with Crippen molar-refractivity contribution in [3.63, 3.8) is 0 Å². The van der Waals surface area contributed by atoms with Crippen LogP contribution in [0, 0.1) is 64.6 Å². The minimum absolute atomic E-state index is 0.649. The summed E-state index contributed by atoms with van der Waals surface area (Å²) in [4.78, 5) is 0. The van der Waals surface area contributed by atoms with Crippen molar-refractivity contribution in [2.24, 2.45) is 64.6 Å². The minimum Gasteiger partial charge on any atom is -0.0848 e. The van der Waals surface area contributed by atoms with E-state index in [1.54, 1.807) is 12.8 Å². The van der Waals surface area contributed by atoms with E-state index in [2.05, 4.69) is 66.5 Å². The Labute approximate surface area is 160 Å². The van der Waals surface area contributed by atoms with Gasteiger partial charge < -0.3 is 0 Å². The first-order valence-electron chi connectivity index (χ1n) is 10.5. The van der Waals surface area contributed by atoms with Crippen molar-refractivity contribution in [1.82, 2.24) is 0 Å². The van der Waals surface area contributed by atoms with Crippen molar-refractivity contribution >= 4 is 30.7 Å². The summed E-state index contributed by atoms with van der Waals surface area (Å²) < 4.78 is 0.649. The molecule has 8 saturated carbocycles. The predicted molar refractivity (Wildman–Crippen MR) is 108 cm³/mol. The van der Waals surface area contributed by atoms with E-state index in [1.165, 1.54) is 0 Å². The highest BCUT2D eigenvalue weighted by molar-refractivity contribution is 14.1. The van der Waals surface area contributed by atoms with E-state index in [0.29, 0.717) is 3.42 Å². The van der Waals surface area contributed by atoms with Crippen molar-refractivity contribution < 1.29 is 0 Å². The molecule has 8 fully saturated rings. The lowest BCUT2D eigenvalue weighted by Crippen LogP contribution is -2.65. The quantitative estimate of drug-likeness (QED) is 0.219. The average molecular weight is 446 g/mol. The van der Waals surface area contributed by atoms with Crippen molar-refractivity contribution in [2.75, 3.05) is 0 Å². The fourth-order valence-corrected chi connectivity index (χ4v) is 21.1. The first-order valence-corrected chi connectivity index (χ1v) is 15.0. The van der Waals surface area contributed by atoms with Gasteiger partial charge in [-0.3, -0.25) is 0 Å². The van der Waals surface area contributed by atoms with Crippen LogP contribution in [-0.4, -0.2) is 11.5 Å². The molecule has 13 atom stereocenters. The molecule has 0 aromatic rings. The predicted octanol–water partition coefficient (Wildman–Crippen LogP) is 5.39. The zero-order valence-corrected chi connectivity index (χ0v) is 18.0. The van der Waals surface area contributed by atoms with E-state index >= 15 is 0 Å². The van der Waals surface area contributed by atoms with Crippen molar-refractivity contribution in [1.29, 1.82) is 0 Å². The van der Waals surface area contributed by atoms with E-state index in [0.717, 1.165) is 69.6 Å². The summed E-state index contributed by atoms with van der Waals surface area (Å²) in [5, 5.41) is 0.738. The van der Waals surface area contributed by atoms with Crippen LogP contribution >= 0.6 is 22.6 Å². The number of halogens is 1. The van der Waals surface area contributed by atoms with Gasteiger partial charge in [-0.15, -0.1) is 0 Å². The van der Waals surface area contributed by atoms with Crippen LogP contribution < -0.4 is 0 Å². The summed E-state index contributed by atoms with van der Waals surface area (Å²) >= 11 is 3.14. The molecule has 0 nitrogen and oxygen atoms in total. The van der Waals surface area contributed by atoms with E-state index < -0.39 is 8.07 Å². The van der Waals surface area contributed by atoms with Crippen LogP contribution in [0.15, 0.2) is 24.3 Å². The molecular formula is C22H27ISi. The van der Waals surface area contributed by atoms with Gasteiger partial charge in [-0.2, -0.15) is 0 Å². The molecule has 0 unspecified atom stereocenters. The van der Waals surface area contributed by atoms with Crippen LogP contribution in [0.3, 0.4) is 0 Å². The molecule has 0 aliphatic heterocycles. The van der Waals surface area contributed by atoms with Crippen LogP contribution in [0.5, 0.6) is 0 Å². The maximum absolute atomic E-state index is 3.14. The molecule has 0 aromatic carbocycles. The molecule has 11 rings (SSSR count). The summed E-state index contributed by atoms with van der Waals surface area (Å²) in [6.07, 6.45) is 14.1. The molecule has 0 saturated heterocycles. The van der Waals surface area contributed by atoms with Crippen LogP contribution in [0.4, 0.5) is 0 Å². The molecule has 0 N–H and O–H groups in total. The average Bonchev–Trinajstić information content (AvgIpc) is 3.23. The Morgan fingerprint density at radius 2 is 1.75 bits per heavy atom. The Morgan fingerprint density at radius 1 is 0.958 bits per heavy atom. The summed E-state index contributed by atoms with van der Waals surface area (Å²) in [5.74, 6) is 10.4. The Bertz CT molecular complexity index is 792. The summed E-state index contributed by atoms with van der Waals surface area (Å²) in [7, 11) is -1.26. The first kappa shape index (κ1) is 13.6. The molecule has 2 heteroatoms. The Morgan fingerprint density at radius 3 is 2.54 bits per heavy atom. The molecule has 0 amide bonds. The number of rotatable bonds is 1. The van der Waals surface area contributed by atoms with Gasteiger partial charge in [0.15, 0.2) is 0 Å². The SMILES string of the molecule is C[Si](C)(C)[C@@]12[C@@H]3[C@H]4[C@H]5C=C[C@@H]6C[C@H]5[C@]35C[C@@H]3[C@@H](C=C[C@@H]31)[C@]2(I)[C@H]5[C@@H]46. The standard InChI is InChI=1S/C22H27ISi/c1-24(2,3)22-14-7-6-13-12(14)9-20-15-8-10-4-5-11(15)17(19(20)22)16(10)18(20)21(13,22)23/h4-7,10-19H,8-9H2,1-3H3/t10-,11+,12-,13-,14+,15-,16-,17+,18+,19-,20+,21+,22-/m1/s1. The molecule has 126 valence electrons. The summed E-state index contributed by atoms with van der Waals surface area (Å²) in [6.45, 7) is 8.30. The van der Waals surface area contributed by atoms with Crippen LogP contribution in [0.2, 0.25) is 24.7 Å². The second kappa shape index (κ2) is 3.23. The summed E-state index contributed by atoms with van der Waals surface area (Å²) in [6, 6.07) is 0. The van der Waals surface area contributed by atoms with Gasteiger partial charge in [-0.25, -0.2) is 0 Å². The molecule has 11 aliphatic carbocycles. The molecule has 11 aliphatic rings. The maximum atomic E-state index is 3.14. The number of hydrogen-bond acceptors (Lipinski definition) is 0. The molecule has 13 bridgehead atoms. The number of alkyl halides is 1. The molecule has 1 spiro atoms. The largest absolute Gasteiger partial charge is 0.0848 e. The van der Waals surface area contributed by atoms with Crippen LogP contribution in [0.1, 0.15) is 12.8 Å². The van der Waals surface area contributed by atoms with Gasteiger partial charge in [0.05, 0.1) is 8.07 Å². The van der Waals surface area contributed by atoms with Crippen molar-refractivity contribution in [3.8, 4) is 0 Å². The highest BCUT2D eigenvalue weighted by atomic mass is 127. The van der Waals surface area contributed by atoms with Crippen molar-refractivity contribution in [2.45, 2.75) is 40.9 Å². The lowest BCUT2D eigenvalue weighted by molar-refractivity contribution is -0.0948. The molecule has 0 radical (unpaired) electrons. The van der Waals surface area contributed by atoms with Gasteiger partial charge in [0, 0.05) is 3.42 Å². The molecular weight excluding hydrogens is 419 g/mol. The van der Waals surface area contributed by atoms with Gasteiger partial charge in [0.25, 0.3) is 0 Å². The monoisotopic (exact) mass is 446 g/mol. The van der Waals surface area contributed by atoms with Crippen molar-refractivity contribution in [3.05, 3.63) is 24.3 Å². The molecule has 0 heterocycles. The normalized spacial score (nSPS) is 76.2. The minimum atomic E-state index is -1.26. The van der Waals surface area contributed by atoms with Gasteiger partial charge in [-0.1, -0.05) is 66.5 Å². The fraction of sp³-hybridized carbons (Fsp3) is 0.818. The fourth-order valence-electron chi connectivity index (χ4n) is 12.2. The zero-order valence-electron chi connectivity index (χ0n) is 14.9. The Kier molecular flexibility index (Phi) is 1.83. The van der Waals surface area contributed by atoms with Crippen LogP contribution in [-0.2, 0) is 0 Å². The lowest BCUT2D eigenvalue weighted by atomic mass is 9.43. The highest BCUT2D eigenvalue weighted by Gasteiger charge is 2.97. The summed E-state index contributed by atoms with van der Waals surface area (Å²) in [5.41, 5.74) is 0.798. The van der Waals surface area contributed by atoms with Gasteiger partial charge in [-0.05, 0) is 82.5 Å². The zero-order chi connectivity index (χ0) is 16.0. The topological polar surface area (TPSA) is 0 Å². The third-order valence-corrected chi connectivity index (χ3v) is 17.8. The Hall–Kier alpha value is 0.427. The van der Waals surface area contributed by atoms with E-state index in [4.69, 9.17) is 0 Å². The van der Waals surface area contributed by atoms with Gasteiger partial charge in [0.2, 0.25) is 0 Å². The highest BCUT2D eigenvalue weighted by Crippen LogP contribution is 3.01. The maximum Gasteiger partial charge on any atom is 0.0534 e. The van der Waals surface area contributed by atoms with Gasteiger partial charge >= 0.3 is 0 Å². The first-order chi connectivity index (χ1) is 11.4. The number of allylic oxidation sites excluding steroid dienone is 4. The van der Waals surface area contributed by atoms with E-state index in [9.17, 15) is 0 Å². The van der Waals surface area contributed by atoms with Crippen LogP contribution in [0.25, 0.3) is 0 Å². The smallest absolute Gasteiger partial charge is 0.0534 e.